The number of nitrogens with zero attached hydrogens (tertiary/aromatic N) is 3. The van der Waals surface area contributed by atoms with Crippen molar-refractivity contribution in [2.45, 2.75) is 38.5 Å². The van der Waals surface area contributed by atoms with Gasteiger partial charge in [0.05, 0.1) is 10.7 Å². The third-order valence-corrected chi connectivity index (χ3v) is 6.70. The van der Waals surface area contributed by atoms with Crippen LogP contribution in [0.25, 0.3) is 0 Å². The summed E-state index contributed by atoms with van der Waals surface area (Å²) in [5, 5.41) is 1.90. The van der Waals surface area contributed by atoms with Crippen LogP contribution in [0.4, 0.5) is 5.69 Å². The van der Waals surface area contributed by atoms with E-state index in [1.165, 1.54) is 29.8 Å². The summed E-state index contributed by atoms with van der Waals surface area (Å²) in [6, 6.07) is 7.93. The first-order valence-corrected chi connectivity index (χ1v) is 10.6. The Morgan fingerprint density at radius 3 is 2.73 bits per heavy atom. The van der Waals surface area contributed by atoms with Crippen LogP contribution in [0.2, 0.25) is 5.02 Å². The Kier molecular flexibility index (Phi) is 5.46. The van der Waals surface area contributed by atoms with Gasteiger partial charge in [-0.15, -0.1) is 11.3 Å². The molecule has 2 aliphatic rings. The van der Waals surface area contributed by atoms with Crippen LogP contribution in [0.3, 0.4) is 0 Å². The summed E-state index contributed by atoms with van der Waals surface area (Å²) in [6.45, 7) is 3.27. The Morgan fingerprint density at radius 2 is 1.96 bits per heavy atom. The average molecular weight is 390 g/mol. The molecule has 2 aromatic rings. The molecule has 138 valence electrons. The number of rotatable bonds is 4. The predicted octanol–water partition coefficient (Wildman–Crippen LogP) is 3.96. The van der Waals surface area contributed by atoms with Crippen LogP contribution in [0, 0.1) is 0 Å². The summed E-state index contributed by atoms with van der Waals surface area (Å²) < 4.78 is 0. The highest BCUT2D eigenvalue weighted by Gasteiger charge is 2.22. The standard InChI is InChI=1S/C20H24ClN3OS/c21-15-4-3-5-16(14-15)23-10-12-24(13-11-23)20(25)9-8-19-22-17-6-1-2-7-18(17)26-19/h3-5,14H,1-2,6-13H2. The molecule has 0 bridgehead atoms. The minimum atomic E-state index is 0.254. The maximum atomic E-state index is 12.6. The SMILES string of the molecule is O=C(CCc1nc2c(s1)CCCC2)N1CCN(c2cccc(Cl)c2)CC1. The molecule has 1 saturated heterocycles. The number of benzene rings is 1. The number of anilines is 1. The second kappa shape index (κ2) is 7.97. The Hall–Kier alpha value is -1.59. The molecule has 1 aliphatic heterocycles. The number of halogens is 1. The zero-order chi connectivity index (χ0) is 17.9. The topological polar surface area (TPSA) is 36.4 Å². The number of fused-ring (bicyclic) bond motifs is 1. The fraction of sp³-hybridized carbons (Fsp3) is 0.500. The van der Waals surface area contributed by atoms with Crippen molar-refractivity contribution in [1.82, 2.24) is 9.88 Å². The summed E-state index contributed by atoms with van der Waals surface area (Å²) >= 11 is 7.90. The first-order valence-electron chi connectivity index (χ1n) is 9.45. The van der Waals surface area contributed by atoms with Crippen LogP contribution in [0.1, 0.15) is 34.8 Å². The molecule has 0 N–H and O–H groups in total. The van der Waals surface area contributed by atoms with Crippen LogP contribution >= 0.6 is 22.9 Å². The predicted molar refractivity (Wildman–Crippen MR) is 107 cm³/mol. The molecule has 2 heterocycles. The molecule has 4 rings (SSSR count). The van der Waals surface area contributed by atoms with Crippen molar-refractivity contribution in [2.75, 3.05) is 31.1 Å². The summed E-state index contributed by atoms with van der Waals surface area (Å²) in [7, 11) is 0. The van der Waals surface area contributed by atoms with E-state index >= 15 is 0 Å². The van der Waals surface area contributed by atoms with E-state index in [1.807, 2.05) is 34.4 Å². The van der Waals surface area contributed by atoms with Gasteiger partial charge < -0.3 is 9.80 Å². The molecule has 1 amide bonds. The summed E-state index contributed by atoms with van der Waals surface area (Å²) in [5.41, 5.74) is 2.43. The number of hydrogen-bond acceptors (Lipinski definition) is 4. The molecule has 0 unspecified atom stereocenters. The molecule has 0 saturated carbocycles. The Labute approximate surface area is 163 Å². The van der Waals surface area contributed by atoms with Crippen molar-refractivity contribution >= 4 is 34.5 Å². The molecular weight excluding hydrogens is 366 g/mol. The van der Waals surface area contributed by atoms with Gasteiger partial charge in [0, 0.05) is 54.6 Å². The summed E-state index contributed by atoms with van der Waals surface area (Å²) in [6.07, 6.45) is 6.18. The summed E-state index contributed by atoms with van der Waals surface area (Å²) in [4.78, 5) is 23.1. The fourth-order valence-corrected chi connectivity index (χ4v) is 5.11. The lowest BCUT2D eigenvalue weighted by Gasteiger charge is -2.36. The Balaban J connectivity index is 1.28. The van der Waals surface area contributed by atoms with Crippen LogP contribution < -0.4 is 4.90 Å². The minimum Gasteiger partial charge on any atom is -0.368 e. The smallest absolute Gasteiger partial charge is 0.223 e. The van der Waals surface area contributed by atoms with Gasteiger partial charge >= 0.3 is 0 Å². The maximum absolute atomic E-state index is 12.6. The van der Waals surface area contributed by atoms with Gasteiger partial charge in [0.1, 0.15) is 0 Å². The number of hydrogen-bond donors (Lipinski definition) is 0. The molecule has 6 heteroatoms. The molecule has 1 aromatic heterocycles. The van der Waals surface area contributed by atoms with E-state index in [9.17, 15) is 4.79 Å². The Bertz CT molecular complexity index is 760. The van der Waals surface area contributed by atoms with E-state index < -0.39 is 0 Å². The lowest BCUT2D eigenvalue weighted by molar-refractivity contribution is -0.131. The van der Waals surface area contributed by atoms with Gasteiger partial charge in [-0.1, -0.05) is 17.7 Å². The number of aromatic nitrogens is 1. The van der Waals surface area contributed by atoms with Crippen LogP contribution in [0.5, 0.6) is 0 Å². The zero-order valence-corrected chi connectivity index (χ0v) is 16.5. The largest absolute Gasteiger partial charge is 0.368 e. The average Bonchev–Trinajstić information content (AvgIpc) is 3.09. The fourth-order valence-electron chi connectivity index (χ4n) is 3.77. The van der Waals surface area contributed by atoms with Crippen LogP contribution in [-0.4, -0.2) is 42.0 Å². The van der Waals surface area contributed by atoms with Gasteiger partial charge in [-0.2, -0.15) is 0 Å². The quantitative estimate of drug-likeness (QED) is 0.794. The second-order valence-corrected chi connectivity index (χ2v) is 8.64. The molecule has 26 heavy (non-hydrogen) atoms. The maximum Gasteiger partial charge on any atom is 0.223 e. The minimum absolute atomic E-state index is 0.254. The number of thiazole rings is 1. The van der Waals surface area contributed by atoms with Crippen LogP contribution in [-0.2, 0) is 24.1 Å². The third-order valence-electron chi connectivity index (χ3n) is 5.25. The van der Waals surface area contributed by atoms with Crippen molar-refractivity contribution < 1.29 is 4.79 Å². The van der Waals surface area contributed by atoms with Gasteiger partial charge in [-0.25, -0.2) is 4.98 Å². The lowest BCUT2D eigenvalue weighted by atomic mass is 10.0. The normalized spacial score (nSPS) is 17.3. The van der Waals surface area contributed by atoms with E-state index in [2.05, 4.69) is 11.0 Å². The third kappa shape index (κ3) is 4.04. The molecule has 0 radical (unpaired) electrons. The van der Waals surface area contributed by atoms with Crippen molar-refractivity contribution in [1.29, 1.82) is 0 Å². The highest BCUT2D eigenvalue weighted by molar-refractivity contribution is 7.11. The number of aryl methyl sites for hydroxylation is 3. The van der Waals surface area contributed by atoms with Gasteiger partial charge in [0.15, 0.2) is 0 Å². The van der Waals surface area contributed by atoms with E-state index in [0.717, 1.165) is 54.7 Å². The number of piperazine rings is 1. The Morgan fingerprint density at radius 1 is 1.15 bits per heavy atom. The molecule has 0 spiro atoms. The van der Waals surface area contributed by atoms with E-state index in [-0.39, 0.29) is 5.91 Å². The summed E-state index contributed by atoms with van der Waals surface area (Å²) in [5.74, 6) is 0.254. The van der Waals surface area contributed by atoms with Crippen molar-refractivity contribution in [3.8, 4) is 0 Å². The molecule has 1 aromatic carbocycles. The molecule has 1 fully saturated rings. The van der Waals surface area contributed by atoms with Crippen molar-refractivity contribution in [3.05, 3.63) is 44.9 Å². The number of carbonyl (C=O) groups is 1. The second-order valence-electron chi connectivity index (χ2n) is 7.03. The highest BCUT2D eigenvalue weighted by atomic mass is 35.5. The van der Waals surface area contributed by atoms with Gasteiger partial charge in [-0.3, -0.25) is 4.79 Å². The van der Waals surface area contributed by atoms with E-state index in [1.54, 1.807) is 0 Å². The van der Waals surface area contributed by atoms with Crippen molar-refractivity contribution in [2.24, 2.45) is 0 Å². The van der Waals surface area contributed by atoms with Gasteiger partial charge in [0.25, 0.3) is 0 Å². The first-order chi connectivity index (χ1) is 12.7. The van der Waals surface area contributed by atoms with Crippen molar-refractivity contribution in [3.63, 3.8) is 0 Å². The van der Waals surface area contributed by atoms with E-state index in [4.69, 9.17) is 16.6 Å². The van der Waals surface area contributed by atoms with E-state index in [0.29, 0.717) is 6.42 Å². The molecule has 0 atom stereocenters. The van der Waals surface area contributed by atoms with Crippen LogP contribution in [0.15, 0.2) is 24.3 Å². The monoisotopic (exact) mass is 389 g/mol. The number of amides is 1. The van der Waals surface area contributed by atoms with Gasteiger partial charge in [-0.05, 0) is 43.9 Å². The molecular formula is C20H24ClN3OS. The lowest BCUT2D eigenvalue weighted by Crippen LogP contribution is -2.48. The zero-order valence-electron chi connectivity index (χ0n) is 14.9. The molecule has 4 nitrogen and oxygen atoms in total. The highest BCUT2D eigenvalue weighted by Crippen LogP contribution is 2.27. The first kappa shape index (κ1) is 17.8. The van der Waals surface area contributed by atoms with Gasteiger partial charge in [0.2, 0.25) is 5.91 Å². The molecule has 1 aliphatic carbocycles. The number of carbonyl (C=O) groups excluding carboxylic acids is 1.